The summed E-state index contributed by atoms with van der Waals surface area (Å²) in [6.07, 6.45) is 17.5. The minimum atomic E-state index is -1.31. The monoisotopic (exact) mass is 405 g/mol. The average molecular weight is 405 g/mol. The van der Waals surface area contributed by atoms with Crippen LogP contribution in [0, 0.1) is 0 Å². The maximum absolute atomic E-state index is 2.44. The molecule has 0 amide bonds. The first-order valence-electron chi connectivity index (χ1n) is 12.3. The number of benzene rings is 2. The van der Waals surface area contributed by atoms with E-state index in [2.05, 4.69) is 67.6 Å². The van der Waals surface area contributed by atoms with Gasteiger partial charge >= 0.3 is 0 Å². The van der Waals surface area contributed by atoms with Gasteiger partial charge in [-0.3, -0.25) is 0 Å². The zero-order valence-corrected chi connectivity index (χ0v) is 19.3. The van der Waals surface area contributed by atoms with Gasteiger partial charge in [0.05, 0.1) is 30.2 Å². The summed E-state index contributed by atoms with van der Waals surface area (Å²) in [4.78, 5) is 0. The molecular formula is C27H39BP+. The third-order valence-corrected chi connectivity index (χ3v) is 12.7. The van der Waals surface area contributed by atoms with E-state index < -0.39 is 7.26 Å². The topological polar surface area (TPSA) is 0 Å². The summed E-state index contributed by atoms with van der Waals surface area (Å²) in [5.41, 5.74) is 0. The Hall–Kier alpha value is -1.07. The van der Waals surface area contributed by atoms with Crippen LogP contribution in [0.1, 0.15) is 64.7 Å². The molecule has 2 saturated heterocycles. The lowest BCUT2D eigenvalue weighted by Crippen LogP contribution is -2.35. The average Bonchev–Trinajstić information content (AvgIpc) is 2.77. The van der Waals surface area contributed by atoms with Crippen LogP contribution in [-0.2, 0) is 0 Å². The van der Waals surface area contributed by atoms with Gasteiger partial charge in [0.15, 0.2) is 0 Å². The fourth-order valence-electron chi connectivity index (χ4n) is 6.51. The molecule has 2 bridgehead atoms. The largest absolute Gasteiger partial charge is 0.146 e. The number of fused-ring (bicyclic) bond motifs is 2. The van der Waals surface area contributed by atoms with Crippen LogP contribution < -0.4 is 10.6 Å². The molecule has 2 heterocycles. The summed E-state index contributed by atoms with van der Waals surface area (Å²) < 4.78 is 0. The van der Waals surface area contributed by atoms with Gasteiger partial charge in [-0.05, 0) is 37.1 Å². The van der Waals surface area contributed by atoms with E-state index >= 15 is 0 Å². The molecule has 0 nitrogen and oxygen atoms in total. The van der Waals surface area contributed by atoms with Gasteiger partial charge < -0.3 is 0 Å². The molecule has 4 rings (SSSR count). The zero-order chi connectivity index (χ0) is 19.9. The highest BCUT2D eigenvalue weighted by Crippen LogP contribution is 2.58. The van der Waals surface area contributed by atoms with Gasteiger partial charge in [0.2, 0.25) is 0 Å². The lowest BCUT2D eigenvalue weighted by molar-refractivity contribution is 0.441. The molecule has 0 radical (unpaired) electrons. The van der Waals surface area contributed by atoms with E-state index in [1.54, 1.807) is 10.6 Å². The quantitative estimate of drug-likeness (QED) is 0.300. The van der Waals surface area contributed by atoms with E-state index in [-0.39, 0.29) is 0 Å². The minimum absolute atomic E-state index is 1.04. The van der Waals surface area contributed by atoms with Crippen molar-refractivity contribution in [2.24, 2.45) is 0 Å². The van der Waals surface area contributed by atoms with Gasteiger partial charge in [-0.25, -0.2) is 0 Å². The number of rotatable bonds is 9. The Morgan fingerprint density at radius 1 is 0.724 bits per heavy atom. The number of hydrogen-bond donors (Lipinski definition) is 0. The molecular weight excluding hydrogens is 366 g/mol. The molecule has 2 fully saturated rings. The van der Waals surface area contributed by atoms with Crippen LogP contribution in [-0.4, -0.2) is 19.0 Å². The predicted octanol–water partition coefficient (Wildman–Crippen LogP) is 7.45. The van der Waals surface area contributed by atoms with E-state index in [4.69, 9.17) is 0 Å². The zero-order valence-electron chi connectivity index (χ0n) is 18.4. The Morgan fingerprint density at radius 3 is 1.69 bits per heavy atom. The third kappa shape index (κ3) is 4.82. The molecule has 154 valence electrons. The second kappa shape index (κ2) is 10.3. The van der Waals surface area contributed by atoms with Crippen molar-refractivity contribution in [2.45, 2.75) is 82.7 Å². The van der Waals surface area contributed by atoms with E-state index in [0.29, 0.717) is 0 Å². The van der Waals surface area contributed by atoms with Crippen molar-refractivity contribution in [3.63, 3.8) is 0 Å². The maximum atomic E-state index is 2.44. The van der Waals surface area contributed by atoms with Crippen molar-refractivity contribution >= 4 is 24.6 Å². The van der Waals surface area contributed by atoms with Crippen molar-refractivity contribution in [1.29, 1.82) is 0 Å². The normalized spacial score (nSPS) is 21.9. The van der Waals surface area contributed by atoms with E-state index in [9.17, 15) is 0 Å². The van der Waals surface area contributed by atoms with Crippen LogP contribution in [0.3, 0.4) is 0 Å². The van der Waals surface area contributed by atoms with Crippen molar-refractivity contribution in [3.05, 3.63) is 60.7 Å². The predicted molar refractivity (Wildman–Crippen MR) is 134 cm³/mol. The Bertz CT molecular complexity index is 667. The highest BCUT2D eigenvalue weighted by molar-refractivity contribution is 7.89. The summed E-state index contributed by atoms with van der Waals surface area (Å²) in [6.45, 7) is 3.39. The molecule has 2 aromatic rings. The fraction of sp³-hybridized carbons (Fsp3) is 0.556. The summed E-state index contributed by atoms with van der Waals surface area (Å²) in [7, 11) is -1.31. The van der Waals surface area contributed by atoms with E-state index in [0.717, 1.165) is 18.3 Å². The van der Waals surface area contributed by atoms with E-state index in [1.165, 1.54) is 76.4 Å². The molecule has 0 unspecified atom stereocenters. The SMILES string of the molecule is CCCC[P+](CCCB1C2CCCC1CCC2)(c1ccccc1)c1ccccc1. The minimum Gasteiger partial charge on any atom is -0.0702 e. The second-order valence-corrected chi connectivity index (χ2v) is 13.5. The molecule has 0 saturated carbocycles. The molecule has 2 aliphatic heterocycles. The molecule has 0 atom stereocenters. The first-order chi connectivity index (χ1) is 14.3. The summed E-state index contributed by atoms with van der Waals surface area (Å²) >= 11 is 0. The molecule has 2 aromatic carbocycles. The first-order valence-corrected chi connectivity index (χ1v) is 14.5. The molecule has 2 heteroatoms. The molecule has 29 heavy (non-hydrogen) atoms. The van der Waals surface area contributed by atoms with Crippen molar-refractivity contribution < 1.29 is 0 Å². The van der Waals surface area contributed by atoms with Crippen molar-refractivity contribution in [2.75, 3.05) is 12.3 Å². The van der Waals surface area contributed by atoms with Gasteiger partial charge in [0, 0.05) is 0 Å². The fourth-order valence-corrected chi connectivity index (χ4v) is 11.1. The van der Waals surface area contributed by atoms with Crippen LogP contribution >= 0.6 is 7.26 Å². The Balaban J connectivity index is 1.56. The van der Waals surface area contributed by atoms with Gasteiger partial charge in [-0.1, -0.05) is 106 Å². The van der Waals surface area contributed by atoms with Gasteiger partial charge in [-0.2, -0.15) is 0 Å². The lowest BCUT2D eigenvalue weighted by Gasteiger charge is -2.41. The standard InChI is InChI=1S/C27H39BP/c1-2-3-22-29(26-17-6-4-7-18-26,27-19-8-5-9-20-27)23-12-21-28-24-13-10-14-25(28)16-11-15-24/h4-9,17-20,24-25H,2-3,10-16,21-23H2,1H3/q+1. The van der Waals surface area contributed by atoms with Gasteiger partial charge in [-0.15, -0.1) is 0 Å². The van der Waals surface area contributed by atoms with Gasteiger partial charge in [0.25, 0.3) is 0 Å². The molecule has 0 aliphatic carbocycles. The second-order valence-electron chi connectivity index (χ2n) is 9.63. The molecule has 0 N–H and O–H groups in total. The first kappa shape index (κ1) is 21.2. The van der Waals surface area contributed by atoms with Crippen LogP contribution in [0.25, 0.3) is 0 Å². The van der Waals surface area contributed by atoms with Crippen molar-refractivity contribution in [1.82, 2.24) is 0 Å². The van der Waals surface area contributed by atoms with Gasteiger partial charge in [0.1, 0.15) is 6.71 Å². The summed E-state index contributed by atoms with van der Waals surface area (Å²) in [5, 5.41) is 3.28. The Morgan fingerprint density at radius 2 is 1.21 bits per heavy atom. The lowest BCUT2D eigenvalue weighted by atomic mass is 9.26. The molecule has 0 aromatic heterocycles. The van der Waals surface area contributed by atoms with Crippen LogP contribution in [0.2, 0.25) is 18.0 Å². The Kier molecular flexibility index (Phi) is 7.52. The highest BCUT2D eigenvalue weighted by atomic mass is 31.2. The summed E-state index contributed by atoms with van der Waals surface area (Å²) in [5.74, 6) is 2.11. The van der Waals surface area contributed by atoms with Crippen molar-refractivity contribution in [3.8, 4) is 0 Å². The van der Waals surface area contributed by atoms with Crippen LogP contribution in [0.15, 0.2) is 60.7 Å². The smallest absolute Gasteiger partial charge is 0.0702 e. The molecule has 0 spiro atoms. The maximum Gasteiger partial charge on any atom is 0.146 e. The highest BCUT2D eigenvalue weighted by Gasteiger charge is 2.43. The number of hydrogen-bond acceptors (Lipinski definition) is 0. The Labute approximate surface area is 180 Å². The summed E-state index contributed by atoms with van der Waals surface area (Å²) in [6, 6.07) is 23.2. The number of unbranched alkanes of at least 4 members (excludes halogenated alkanes) is 1. The van der Waals surface area contributed by atoms with E-state index in [1.807, 2.05) is 0 Å². The van der Waals surface area contributed by atoms with Crippen LogP contribution in [0.4, 0.5) is 0 Å². The third-order valence-electron chi connectivity index (χ3n) is 7.98. The van der Waals surface area contributed by atoms with Crippen LogP contribution in [0.5, 0.6) is 0 Å². The molecule has 2 aliphatic rings.